The van der Waals surface area contributed by atoms with Crippen LogP contribution in [0.1, 0.15) is 24.8 Å². The lowest BCUT2D eigenvalue weighted by Gasteiger charge is -2.42. The Balaban J connectivity index is 1.44. The van der Waals surface area contributed by atoms with Gasteiger partial charge in [-0.1, -0.05) is 0 Å². The molecule has 0 radical (unpaired) electrons. The van der Waals surface area contributed by atoms with E-state index in [0.717, 1.165) is 56.9 Å². The summed E-state index contributed by atoms with van der Waals surface area (Å²) in [6.07, 6.45) is 13.6. The molecule has 0 N–H and O–H groups in total. The lowest BCUT2D eigenvalue weighted by atomic mass is 9.71. The first-order chi connectivity index (χ1) is 11.4. The fourth-order valence-electron chi connectivity index (χ4n) is 3.85. The topological polar surface area (TPSA) is 64.0 Å². The zero-order valence-corrected chi connectivity index (χ0v) is 13.1. The smallest absolute Gasteiger partial charge is 0.225 e. The molecule has 1 atom stereocenters. The molecule has 1 spiro atoms. The second kappa shape index (κ2) is 6.20. The summed E-state index contributed by atoms with van der Waals surface area (Å²) in [5, 5.41) is 0. The van der Waals surface area contributed by atoms with Crippen molar-refractivity contribution in [2.45, 2.75) is 31.8 Å². The van der Waals surface area contributed by atoms with E-state index in [1.807, 2.05) is 30.9 Å². The second-order valence-corrected chi connectivity index (χ2v) is 6.46. The van der Waals surface area contributed by atoms with Gasteiger partial charge in [0.2, 0.25) is 5.95 Å². The van der Waals surface area contributed by atoms with Gasteiger partial charge in [0.1, 0.15) is 6.33 Å². The van der Waals surface area contributed by atoms with Crippen LogP contribution >= 0.6 is 0 Å². The van der Waals surface area contributed by atoms with E-state index in [9.17, 15) is 0 Å². The van der Waals surface area contributed by atoms with Crippen LogP contribution in [0.3, 0.4) is 0 Å². The normalized spacial score (nSPS) is 23.3. The first kappa shape index (κ1) is 14.5. The van der Waals surface area contributed by atoms with Crippen LogP contribution in [0, 0.1) is 5.41 Å². The van der Waals surface area contributed by atoms with Gasteiger partial charge < -0.3 is 9.64 Å². The predicted octanol–water partition coefficient (Wildman–Crippen LogP) is 1.88. The molecule has 120 valence electrons. The predicted molar refractivity (Wildman–Crippen MR) is 86.0 cm³/mol. The lowest BCUT2D eigenvalue weighted by Crippen LogP contribution is -2.45. The van der Waals surface area contributed by atoms with E-state index in [-0.39, 0.29) is 11.5 Å². The van der Waals surface area contributed by atoms with Gasteiger partial charge in [0.05, 0.1) is 6.10 Å². The number of aromatic nitrogens is 4. The highest BCUT2D eigenvalue weighted by atomic mass is 16.5. The summed E-state index contributed by atoms with van der Waals surface area (Å²) < 4.78 is 6.09. The third kappa shape index (κ3) is 2.91. The summed E-state index contributed by atoms with van der Waals surface area (Å²) >= 11 is 0. The average Bonchev–Trinajstić information content (AvgIpc) is 2.99. The molecule has 0 amide bonds. The molecule has 2 aromatic rings. The van der Waals surface area contributed by atoms with Gasteiger partial charge >= 0.3 is 0 Å². The molecule has 2 aliphatic rings. The van der Waals surface area contributed by atoms with Crippen molar-refractivity contribution < 1.29 is 4.74 Å². The van der Waals surface area contributed by atoms with Gasteiger partial charge in [0.15, 0.2) is 0 Å². The Labute approximate surface area is 136 Å². The van der Waals surface area contributed by atoms with Crippen LogP contribution < -0.4 is 4.90 Å². The third-order valence-corrected chi connectivity index (χ3v) is 5.23. The highest BCUT2D eigenvalue weighted by Crippen LogP contribution is 2.45. The van der Waals surface area contributed by atoms with Crippen LogP contribution in [-0.4, -0.2) is 45.7 Å². The summed E-state index contributed by atoms with van der Waals surface area (Å²) in [6, 6.07) is 1.86. The molecule has 0 aromatic carbocycles. The quantitative estimate of drug-likeness (QED) is 0.862. The largest absolute Gasteiger partial charge is 0.377 e. The third-order valence-electron chi connectivity index (χ3n) is 5.23. The van der Waals surface area contributed by atoms with Gasteiger partial charge in [-0.2, -0.15) is 0 Å². The van der Waals surface area contributed by atoms with E-state index in [4.69, 9.17) is 4.74 Å². The molecule has 23 heavy (non-hydrogen) atoms. The standard InChI is InChI=1S/C17H21N5O/c1-5-20-16(21-6-1)22-7-2-17(3-8-22)4-9-23-15(17)10-14-11-18-13-19-12-14/h1,5-6,11-13,15H,2-4,7-10H2/t15-/m0/s1. The SMILES string of the molecule is c1cnc(N2CCC3(CCO[C@H]3Cc3cncnc3)CC2)nc1. The van der Waals surface area contributed by atoms with E-state index < -0.39 is 0 Å². The van der Waals surface area contributed by atoms with Crippen LogP contribution in [0.25, 0.3) is 0 Å². The molecular weight excluding hydrogens is 290 g/mol. The number of rotatable bonds is 3. The number of hydrogen-bond donors (Lipinski definition) is 0. The van der Waals surface area contributed by atoms with Crippen molar-refractivity contribution in [3.8, 4) is 0 Å². The van der Waals surface area contributed by atoms with E-state index in [0.29, 0.717) is 0 Å². The highest BCUT2D eigenvalue weighted by molar-refractivity contribution is 5.29. The molecule has 2 aromatic heterocycles. The maximum atomic E-state index is 6.09. The minimum atomic E-state index is 0.271. The van der Waals surface area contributed by atoms with Gasteiger partial charge in [0, 0.05) is 56.3 Å². The van der Waals surface area contributed by atoms with Crippen molar-refractivity contribution in [2.75, 3.05) is 24.6 Å². The lowest BCUT2D eigenvalue weighted by molar-refractivity contribution is 0.0355. The Hall–Kier alpha value is -2.08. The zero-order valence-electron chi connectivity index (χ0n) is 13.1. The number of nitrogens with zero attached hydrogens (tertiary/aromatic N) is 5. The maximum Gasteiger partial charge on any atom is 0.225 e. The number of piperidine rings is 1. The second-order valence-electron chi connectivity index (χ2n) is 6.46. The Morgan fingerprint density at radius 3 is 2.57 bits per heavy atom. The van der Waals surface area contributed by atoms with Crippen LogP contribution in [-0.2, 0) is 11.2 Å². The van der Waals surface area contributed by atoms with Gasteiger partial charge in [-0.15, -0.1) is 0 Å². The molecule has 6 nitrogen and oxygen atoms in total. The minimum absolute atomic E-state index is 0.271. The average molecular weight is 311 g/mol. The Bertz CT molecular complexity index is 628. The molecular formula is C17H21N5O. The molecule has 4 heterocycles. The van der Waals surface area contributed by atoms with Gasteiger partial charge in [-0.25, -0.2) is 19.9 Å². The van der Waals surface area contributed by atoms with E-state index in [1.54, 1.807) is 6.33 Å². The summed E-state index contributed by atoms with van der Waals surface area (Å²) in [6.45, 7) is 2.85. The monoisotopic (exact) mass is 311 g/mol. The van der Waals surface area contributed by atoms with Crippen molar-refractivity contribution in [3.63, 3.8) is 0 Å². The molecule has 0 saturated carbocycles. The molecule has 0 unspecified atom stereocenters. The summed E-state index contributed by atoms with van der Waals surface area (Å²) in [5.74, 6) is 0.842. The van der Waals surface area contributed by atoms with Gasteiger partial charge in [-0.3, -0.25) is 0 Å². The number of anilines is 1. The van der Waals surface area contributed by atoms with Gasteiger partial charge in [-0.05, 0) is 30.9 Å². The van der Waals surface area contributed by atoms with Crippen LogP contribution in [0.2, 0.25) is 0 Å². The first-order valence-electron chi connectivity index (χ1n) is 8.23. The van der Waals surface area contributed by atoms with Crippen LogP contribution in [0.15, 0.2) is 37.2 Å². The Morgan fingerprint density at radius 2 is 1.83 bits per heavy atom. The zero-order chi connectivity index (χ0) is 15.5. The molecule has 4 rings (SSSR count). The van der Waals surface area contributed by atoms with Crippen molar-refractivity contribution >= 4 is 5.95 Å². The molecule has 0 aliphatic carbocycles. The summed E-state index contributed by atoms with van der Waals surface area (Å²) in [7, 11) is 0. The molecule has 2 aliphatic heterocycles. The van der Waals surface area contributed by atoms with Crippen LogP contribution in [0.4, 0.5) is 5.95 Å². The molecule has 2 saturated heterocycles. The molecule has 2 fully saturated rings. The fraction of sp³-hybridized carbons (Fsp3) is 0.529. The maximum absolute atomic E-state index is 6.09. The van der Waals surface area contributed by atoms with Crippen molar-refractivity contribution in [2.24, 2.45) is 5.41 Å². The van der Waals surface area contributed by atoms with E-state index in [2.05, 4.69) is 24.8 Å². The van der Waals surface area contributed by atoms with Crippen molar-refractivity contribution in [1.82, 2.24) is 19.9 Å². The highest BCUT2D eigenvalue weighted by Gasteiger charge is 2.46. The van der Waals surface area contributed by atoms with Crippen molar-refractivity contribution in [3.05, 3.63) is 42.7 Å². The first-order valence-corrected chi connectivity index (χ1v) is 8.23. The number of ether oxygens (including phenoxy) is 1. The molecule has 0 bridgehead atoms. The fourth-order valence-corrected chi connectivity index (χ4v) is 3.85. The van der Waals surface area contributed by atoms with Crippen molar-refractivity contribution in [1.29, 1.82) is 0 Å². The summed E-state index contributed by atoms with van der Waals surface area (Å²) in [5.41, 5.74) is 1.44. The molecule has 6 heteroatoms. The van der Waals surface area contributed by atoms with E-state index in [1.165, 1.54) is 0 Å². The summed E-state index contributed by atoms with van der Waals surface area (Å²) in [4.78, 5) is 19.3. The number of hydrogen-bond acceptors (Lipinski definition) is 6. The Morgan fingerprint density at radius 1 is 1.09 bits per heavy atom. The van der Waals surface area contributed by atoms with Gasteiger partial charge in [0.25, 0.3) is 0 Å². The minimum Gasteiger partial charge on any atom is -0.377 e. The Kier molecular flexibility index (Phi) is 3.91. The van der Waals surface area contributed by atoms with E-state index >= 15 is 0 Å². The van der Waals surface area contributed by atoms with Crippen LogP contribution in [0.5, 0.6) is 0 Å².